The second-order valence-corrected chi connectivity index (χ2v) is 9.34. The third-order valence-corrected chi connectivity index (χ3v) is 7.20. The summed E-state index contributed by atoms with van der Waals surface area (Å²) in [6.45, 7) is 1.73. The molecule has 39 heavy (non-hydrogen) atoms. The van der Waals surface area contributed by atoms with Gasteiger partial charge in [0.25, 0.3) is 5.56 Å². The molecule has 0 spiro atoms. The van der Waals surface area contributed by atoms with E-state index in [0.29, 0.717) is 23.7 Å². The Balaban J connectivity index is 1.45. The van der Waals surface area contributed by atoms with Gasteiger partial charge < -0.3 is 28.6 Å². The summed E-state index contributed by atoms with van der Waals surface area (Å²) in [6.07, 6.45) is -1.88. The number of para-hydroxylation sites is 1. The van der Waals surface area contributed by atoms with Crippen LogP contribution in [0.5, 0.6) is 11.5 Å². The van der Waals surface area contributed by atoms with Gasteiger partial charge in [0, 0.05) is 16.5 Å². The summed E-state index contributed by atoms with van der Waals surface area (Å²) in [6, 6.07) is 17.6. The van der Waals surface area contributed by atoms with E-state index in [-0.39, 0.29) is 35.5 Å². The fourth-order valence-electron chi connectivity index (χ4n) is 5.19. The number of carbonyl (C=O) groups excluding carboxylic acids is 1. The molecule has 0 saturated heterocycles. The second-order valence-electron chi connectivity index (χ2n) is 9.34. The molecular weight excluding hydrogens is 504 g/mol. The Labute approximate surface area is 222 Å². The first-order chi connectivity index (χ1) is 18.8. The molecule has 0 amide bonds. The predicted octanol–water partition coefficient (Wildman–Crippen LogP) is 3.60. The first-order valence-electron chi connectivity index (χ1n) is 12.4. The number of pyridine rings is 2. The number of methoxy groups -OCH3 is 1. The average Bonchev–Trinajstić information content (AvgIpc) is 3.31. The lowest BCUT2D eigenvalue weighted by atomic mass is 9.85. The highest BCUT2D eigenvalue weighted by molar-refractivity contribution is 5.87. The lowest BCUT2D eigenvalue weighted by Gasteiger charge is -2.37. The van der Waals surface area contributed by atoms with Crippen molar-refractivity contribution in [2.45, 2.75) is 38.4 Å². The number of fused-ring (bicyclic) bond motifs is 5. The van der Waals surface area contributed by atoms with Gasteiger partial charge in [0.2, 0.25) is 0 Å². The molecule has 6 rings (SSSR count). The minimum Gasteiger partial charge on any atom is -0.497 e. The molecule has 10 nitrogen and oxygen atoms in total. The minimum atomic E-state index is -1.89. The van der Waals surface area contributed by atoms with Crippen LogP contribution in [0.2, 0.25) is 0 Å². The normalized spacial score (nSPS) is 18.1. The van der Waals surface area contributed by atoms with Crippen molar-refractivity contribution in [2.75, 3.05) is 7.11 Å². The summed E-state index contributed by atoms with van der Waals surface area (Å²) in [7, 11) is 1.51. The van der Waals surface area contributed by atoms with Gasteiger partial charge in [-0.1, -0.05) is 25.1 Å². The first-order valence-corrected chi connectivity index (χ1v) is 12.4. The van der Waals surface area contributed by atoms with E-state index in [9.17, 15) is 19.5 Å². The Morgan fingerprint density at radius 3 is 2.59 bits per heavy atom. The van der Waals surface area contributed by atoms with Crippen LogP contribution in [-0.4, -0.2) is 40.0 Å². The molecule has 1 unspecified atom stereocenters. The monoisotopic (exact) mass is 528 g/mol. The Morgan fingerprint density at radius 1 is 1.13 bits per heavy atom. The van der Waals surface area contributed by atoms with E-state index < -0.39 is 23.8 Å². The van der Waals surface area contributed by atoms with Crippen molar-refractivity contribution in [3.05, 3.63) is 87.7 Å². The topological polar surface area (TPSA) is 126 Å². The number of carboxylic acid groups (broad SMARTS) is 1. The molecule has 2 aliphatic rings. The molecule has 2 atom stereocenters. The van der Waals surface area contributed by atoms with E-state index in [1.165, 1.54) is 19.2 Å². The van der Waals surface area contributed by atoms with Crippen LogP contribution in [0, 0.1) is 0 Å². The second kappa shape index (κ2) is 9.25. The molecule has 10 heteroatoms. The van der Waals surface area contributed by atoms with Gasteiger partial charge in [0.15, 0.2) is 5.60 Å². The first kappa shape index (κ1) is 24.6. The summed E-state index contributed by atoms with van der Waals surface area (Å²) < 4.78 is 23.7. The smallest absolute Gasteiger partial charge is 0.373 e. The lowest BCUT2D eigenvalue weighted by Crippen LogP contribution is -2.50. The van der Waals surface area contributed by atoms with Gasteiger partial charge in [0.05, 0.1) is 36.1 Å². The zero-order valence-electron chi connectivity index (χ0n) is 21.2. The quantitative estimate of drug-likeness (QED) is 0.249. The van der Waals surface area contributed by atoms with Crippen molar-refractivity contribution in [1.29, 1.82) is 0 Å². The number of nitrogens with zero attached hydrogens (tertiary/aromatic N) is 2. The van der Waals surface area contributed by atoms with Crippen molar-refractivity contribution in [3.63, 3.8) is 0 Å². The molecule has 0 bridgehead atoms. The van der Waals surface area contributed by atoms with Crippen molar-refractivity contribution in [1.82, 2.24) is 9.55 Å². The molecular formula is C29H24N2O8. The summed E-state index contributed by atoms with van der Waals surface area (Å²) in [5.74, 6) is -1.50. The van der Waals surface area contributed by atoms with Gasteiger partial charge >= 0.3 is 18.2 Å². The maximum absolute atomic E-state index is 13.7. The van der Waals surface area contributed by atoms with E-state index >= 15 is 0 Å². The molecule has 4 aromatic rings. The van der Waals surface area contributed by atoms with Gasteiger partial charge in [0.1, 0.15) is 18.1 Å². The Hall–Kier alpha value is -4.70. The van der Waals surface area contributed by atoms with Gasteiger partial charge in [-0.2, -0.15) is 0 Å². The van der Waals surface area contributed by atoms with E-state index in [4.69, 9.17) is 23.9 Å². The number of esters is 1. The zero-order valence-corrected chi connectivity index (χ0v) is 21.2. The summed E-state index contributed by atoms with van der Waals surface area (Å²) in [5.41, 5.74) is 1.04. The predicted molar refractivity (Wildman–Crippen MR) is 138 cm³/mol. The van der Waals surface area contributed by atoms with Gasteiger partial charge in [-0.25, -0.2) is 14.6 Å². The van der Waals surface area contributed by atoms with E-state index in [2.05, 4.69) is 0 Å². The Bertz CT molecular complexity index is 1690. The average molecular weight is 529 g/mol. The van der Waals surface area contributed by atoms with Gasteiger partial charge in [-0.05, 0) is 48.9 Å². The molecule has 2 aliphatic heterocycles. The molecule has 2 aromatic heterocycles. The van der Waals surface area contributed by atoms with Gasteiger partial charge in [-0.3, -0.25) is 4.79 Å². The maximum atomic E-state index is 13.7. The zero-order chi connectivity index (χ0) is 27.3. The number of carbonyl (C=O) groups is 2. The molecule has 0 fully saturated rings. The molecule has 0 saturated carbocycles. The number of hydrogen-bond donors (Lipinski definition) is 1. The molecule has 198 valence electrons. The van der Waals surface area contributed by atoms with Crippen molar-refractivity contribution in [2.24, 2.45) is 0 Å². The summed E-state index contributed by atoms with van der Waals surface area (Å²) in [5, 5.41) is 10.9. The Morgan fingerprint density at radius 2 is 1.87 bits per heavy atom. The molecule has 4 heterocycles. The highest BCUT2D eigenvalue weighted by atomic mass is 16.7. The van der Waals surface area contributed by atoms with E-state index in [1.54, 1.807) is 29.7 Å². The largest absolute Gasteiger partial charge is 0.497 e. The molecule has 2 aromatic carbocycles. The highest BCUT2D eigenvalue weighted by Gasteiger charge is 2.51. The number of cyclic esters (lactones) is 1. The number of rotatable bonds is 7. The number of ether oxygens (including phenoxy) is 4. The van der Waals surface area contributed by atoms with Crippen LogP contribution >= 0.6 is 0 Å². The van der Waals surface area contributed by atoms with Crippen LogP contribution in [0.1, 0.15) is 30.0 Å². The Kier molecular flexibility index (Phi) is 5.84. The fourth-order valence-corrected chi connectivity index (χ4v) is 5.19. The molecule has 0 aliphatic carbocycles. The van der Waals surface area contributed by atoms with Crippen molar-refractivity contribution in [3.8, 4) is 22.9 Å². The third-order valence-electron chi connectivity index (χ3n) is 7.20. The fraction of sp³-hybridized carbons (Fsp3) is 0.241. The maximum Gasteiger partial charge on any atom is 0.373 e. The number of carboxylic acids is 1. The number of aliphatic carboxylic acids is 1. The van der Waals surface area contributed by atoms with E-state index in [0.717, 1.165) is 16.5 Å². The van der Waals surface area contributed by atoms with Crippen LogP contribution in [0.3, 0.4) is 0 Å². The standard InChI is InChI=1S/C29H24N2O8/c1-3-29(39-27(26(33)34)38-19-10-8-18(36-2)9-11-19)21-13-23-24-17(12-16-6-4-5-7-22(16)30-24)14-31(23)25(32)20(21)15-37-28(29)35/h4-13,27H,3,14-15H2,1-2H3,(H,33,34)/t27?,29-/m0/s1. The number of aromatic nitrogens is 2. The highest BCUT2D eigenvalue weighted by Crippen LogP contribution is 2.41. The molecule has 0 radical (unpaired) electrons. The van der Waals surface area contributed by atoms with Crippen LogP contribution in [-0.2, 0) is 37.8 Å². The number of benzene rings is 2. The van der Waals surface area contributed by atoms with Crippen molar-refractivity contribution < 1.29 is 33.6 Å². The van der Waals surface area contributed by atoms with Gasteiger partial charge in [-0.15, -0.1) is 0 Å². The minimum absolute atomic E-state index is 0.00448. The number of hydrogen-bond acceptors (Lipinski definition) is 8. The van der Waals surface area contributed by atoms with Crippen LogP contribution < -0.4 is 15.0 Å². The summed E-state index contributed by atoms with van der Waals surface area (Å²) in [4.78, 5) is 44.0. The van der Waals surface area contributed by atoms with E-state index in [1.807, 2.05) is 30.3 Å². The third kappa shape index (κ3) is 3.91. The van der Waals surface area contributed by atoms with Crippen LogP contribution in [0.15, 0.2) is 65.5 Å². The SMILES string of the molecule is CC[C@@]1(OC(Oc2ccc(OC)cc2)C(=O)O)C(=O)OCc2c1cc1n(c2=O)Cc2cc3ccccc3nc2-1. The van der Waals surface area contributed by atoms with Crippen LogP contribution in [0.4, 0.5) is 0 Å². The lowest BCUT2D eigenvalue weighted by molar-refractivity contribution is -0.220. The van der Waals surface area contributed by atoms with Crippen LogP contribution in [0.25, 0.3) is 22.3 Å². The van der Waals surface area contributed by atoms with Crippen molar-refractivity contribution >= 4 is 22.8 Å². The summed E-state index contributed by atoms with van der Waals surface area (Å²) >= 11 is 0. The molecule has 1 N–H and O–H groups in total.